The summed E-state index contributed by atoms with van der Waals surface area (Å²) in [7, 11) is -3.60. The molecule has 0 saturated heterocycles. The Morgan fingerprint density at radius 3 is 2.62 bits per heavy atom. The average molecular weight is 429 g/mol. The van der Waals surface area contributed by atoms with E-state index in [1.165, 1.54) is 24.3 Å². The SMILES string of the molecule is O=S(=O)(NCCNc1nccc(-n2ccc3cccnc32)n1)c1ccc(Cl)cc1. The third-order valence-corrected chi connectivity index (χ3v) is 5.89. The molecule has 3 heterocycles. The zero-order valence-electron chi connectivity index (χ0n) is 15.2. The van der Waals surface area contributed by atoms with Gasteiger partial charge < -0.3 is 5.32 Å². The highest BCUT2D eigenvalue weighted by Crippen LogP contribution is 2.17. The summed E-state index contributed by atoms with van der Waals surface area (Å²) in [5.74, 6) is 1.06. The fraction of sp³-hybridized carbons (Fsp3) is 0.105. The molecule has 0 saturated carbocycles. The summed E-state index contributed by atoms with van der Waals surface area (Å²) in [5.41, 5.74) is 0.799. The molecule has 0 bridgehead atoms. The molecule has 0 unspecified atom stereocenters. The van der Waals surface area contributed by atoms with Crippen LogP contribution < -0.4 is 10.0 Å². The number of benzene rings is 1. The molecule has 148 valence electrons. The Labute approximate surface area is 172 Å². The number of hydrogen-bond acceptors (Lipinski definition) is 6. The molecule has 0 amide bonds. The van der Waals surface area contributed by atoms with Crippen molar-refractivity contribution in [2.75, 3.05) is 18.4 Å². The van der Waals surface area contributed by atoms with Gasteiger partial charge in [0.05, 0.1) is 4.90 Å². The fourth-order valence-electron chi connectivity index (χ4n) is 2.78. The van der Waals surface area contributed by atoms with Gasteiger partial charge in [-0.05, 0) is 48.5 Å². The molecule has 2 N–H and O–H groups in total. The van der Waals surface area contributed by atoms with Crippen molar-refractivity contribution in [3.8, 4) is 5.82 Å². The standard InChI is InChI=1S/C19H17ClN6O2S/c20-15-3-5-16(6-4-15)29(27,28)24-12-11-23-19-22-10-7-17(25-19)26-13-8-14-2-1-9-21-18(14)26/h1-10,13,24H,11-12H2,(H,22,23,25). The first-order valence-electron chi connectivity index (χ1n) is 8.77. The molecule has 29 heavy (non-hydrogen) atoms. The van der Waals surface area contributed by atoms with Crippen LogP contribution in [0.25, 0.3) is 16.9 Å². The van der Waals surface area contributed by atoms with Gasteiger partial charge in [-0.1, -0.05) is 11.6 Å². The predicted octanol–water partition coefficient (Wildman–Crippen LogP) is 2.86. The van der Waals surface area contributed by atoms with Crippen LogP contribution in [0.15, 0.2) is 72.0 Å². The topological polar surface area (TPSA) is 102 Å². The second-order valence-electron chi connectivity index (χ2n) is 6.12. The minimum Gasteiger partial charge on any atom is -0.353 e. The maximum Gasteiger partial charge on any atom is 0.240 e. The lowest BCUT2D eigenvalue weighted by atomic mass is 10.3. The van der Waals surface area contributed by atoms with E-state index < -0.39 is 10.0 Å². The van der Waals surface area contributed by atoms with Crippen molar-refractivity contribution >= 4 is 38.6 Å². The molecule has 0 radical (unpaired) electrons. The molecule has 0 fully saturated rings. The number of sulfonamides is 1. The Hall–Kier alpha value is -3.01. The summed E-state index contributed by atoms with van der Waals surface area (Å²) in [4.78, 5) is 13.2. The molecular weight excluding hydrogens is 412 g/mol. The summed E-state index contributed by atoms with van der Waals surface area (Å²) in [6.07, 6.45) is 5.26. The number of rotatable bonds is 7. The summed E-state index contributed by atoms with van der Waals surface area (Å²) >= 11 is 5.79. The van der Waals surface area contributed by atoms with Gasteiger partial charge in [0, 0.05) is 42.1 Å². The first kappa shape index (κ1) is 19.3. The van der Waals surface area contributed by atoms with E-state index in [4.69, 9.17) is 11.6 Å². The van der Waals surface area contributed by atoms with Crippen molar-refractivity contribution in [1.82, 2.24) is 24.2 Å². The van der Waals surface area contributed by atoms with Gasteiger partial charge in [0.15, 0.2) is 0 Å². The molecule has 3 aromatic heterocycles. The monoisotopic (exact) mass is 428 g/mol. The number of nitrogens with zero attached hydrogens (tertiary/aromatic N) is 4. The first-order chi connectivity index (χ1) is 14.0. The largest absolute Gasteiger partial charge is 0.353 e. The quantitative estimate of drug-likeness (QED) is 0.439. The molecule has 8 nitrogen and oxygen atoms in total. The second-order valence-corrected chi connectivity index (χ2v) is 8.32. The van der Waals surface area contributed by atoms with Crippen LogP contribution >= 0.6 is 11.6 Å². The van der Waals surface area contributed by atoms with E-state index in [0.717, 1.165) is 11.0 Å². The number of nitrogens with one attached hydrogen (secondary N) is 2. The number of halogens is 1. The van der Waals surface area contributed by atoms with Crippen LogP contribution in [0.4, 0.5) is 5.95 Å². The van der Waals surface area contributed by atoms with E-state index in [1.807, 2.05) is 29.0 Å². The van der Waals surface area contributed by atoms with Gasteiger partial charge in [-0.15, -0.1) is 0 Å². The Morgan fingerprint density at radius 2 is 1.79 bits per heavy atom. The molecule has 0 aliphatic rings. The van der Waals surface area contributed by atoms with E-state index in [-0.39, 0.29) is 11.4 Å². The fourth-order valence-corrected chi connectivity index (χ4v) is 3.93. The maximum absolute atomic E-state index is 12.3. The molecular formula is C19H17ClN6O2S. The zero-order chi connectivity index (χ0) is 20.3. The van der Waals surface area contributed by atoms with Gasteiger partial charge >= 0.3 is 0 Å². The molecule has 0 spiro atoms. The third-order valence-electron chi connectivity index (χ3n) is 4.16. The average Bonchev–Trinajstić information content (AvgIpc) is 3.16. The highest BCUT2D eigenvalue weighted by Gasteiger charge is 2.13. The zero-order valence-corrected chi connectivity index (χ0v) is 16.7. The van der Waals surface area contributed by atoms with E-state index in [9.17, 15) is 8.42 Å². The molecule has 0 aliphatic carbocycles. The number of fused-ring (bicyclic) bond motifs is 1. The Balaban J connectivity index is 1.40. The van der Waals surface area contributed by atoms with E-state index in [0.29, 0.717) is 23.3 Å². The van der Waals surface area contributed by atoms with Gasteiger partial charge in [0.25, 0.3) is 0 Å². The van der Waals surface area contributed by atoms with Crippen LogP contribution in [0.3, 0.4) is 0 Å². The molecule has 1 aromatic carbocycles. The number of anilines is 1. The van der Waals surface area contributed by atoms with Gasteiger partial charge in [0.2, 0.25) is 16.0 Å². The lowest BCUT2D eigenvalue weighted by molar-refractivity contribution is 0.583. The number of aromatic nitrogens is 4. The van der Waals surface area contributed by atoms with Gasteiger partial charge in [-0.25, -0.2) is 23.1 Å². The van der Waals surface area contributed by atoms with Crippen molar-refractivity contribution in [3.05, 3.63) is 72.1 Å². The Morgan fingerprint density at radius 1 is 0.966 bits per heavy atom. The van der Waals surface area contributed by atoms with Crippen LogP contribution in [0.2, 0.25) is 5.02 Å². The van der Waals surface area contributed by atoms with Crippen molar-refractivity contribution in [2.24, 2.45) is 0 Å². The minimum atomic E-state index is -3.60. The predicted molar refractivity (Wildman–Crippen MR) is 112 cm³/mol. The Kier molecular flexibility index (Phi) is 5.43. The van der Waals surface area contributed by atoms with Gasteiger partial charge in [-0.3, -0.25) is 4.57 Å². The molecule has 0 atom stereocenters. The first-order valence-corrected chi connectivity index (χ1v) is 10.6. The van der Waals surface area contributed by atoms with Crippen LogP contribution in [0.5, 0.6) is 0 Å². The van der Waals surface area contributed by atoms with Crippen LogP contribution in [-0.4, -0.2) is 41.0 Å². The number of pyridine rings is 1. The smallest absolute Gasteiger partial charge is 0.240 e. The van der Waals surface area contributed by atoms with Crippen molar-refractivity contribution in [2.45, 2.75) is 4.90 Å². The molecule has 4 aromatic rings. The van der Waals surface area contributed by atoms with Gasteiger partial charge in [0.1, 0.15) is 11.5 Å². The molecule has 0 aliphatic heterocycles. The number of hydrogen-bond donors (Lipinski definition) is 2. The van der Waals surface area contributed by atoms with Crippen LogP contribution in [0, 0.1) is 0 Å². The van der Waals surface area contributed by atoms with Crippen molar-refractivity contribution < 1.29 is 8.42 Å². The van der Waals surface area contributed by atoms with Crippen molar-refractivity contribution in [1.29, 1.82) is 0 Å². The van der Waals surface area contributed by atoms with E-state index in [2.05, 4.69) is 25.0 Å². The van der Waals surface area contributed by atoms with E-state index >= 15 is 0 Å². The molecule has 4 rings (SSSR count). The van der Waals surface area contributed by atoms with Crippen molar-refractivity contribution in [3.63, 3.8) is 0 Å². The lowest BCUT2D eigenvalue weighted by Crippen LogP contribution is -2.29. The van der Waals surface area contributed by atoms with Crippen LogP contribution in [0.1, 0.15) is 0 Å². The highest BCUT2D eigenvalue weighted by atomic mass is 35.5. The summed E-state index contributed by atoms with van der Waals surface area (Å²) < 4.78 is 28.9. The summed E-state index contributed by atoms with van der Waals surface area (Å²) in [6, 6.07) is 13.6. The normalized spacial score (nSPS) is 11.6. The van der Waals surface area contributed by atoms with Gasteiger partial charge in [-0.2, -0.15) is 4.98 Å². The van der Waals surface area contributed by atoms with Crippen LogP contribution in [-0.2, 0) is 10.0 Å². The summed E-state index contributed by atoms with van der Waals surface area (Å²) in [6.45, 7) is 0.494. The molecule has 10 heteroatoms. The Bertz CT molecular complexity index is 1240. The summed E-state index contributed by atoms with van der Waals surface area (Å²) in [5, 5.41) is 4.52. The highest BCUT2D eigenvalue weighted by molar-refractivity contribution is 7.89. The lowest BCUT2D eigenvalue weighted by Gasteiger charge is -2.09. The van der Waals surface area contributed by atoms with E-state index in [1.54, 1.807) is 18.5 Å². The minimum absolute atomic E-state index is 0.159. The maximum atomic E-state index is 12.3. The third kappa shape index (κ3) is 4.37. The second kappa shape index (κ2) is 8.16.